The van der Waals surface area contributed by atoms with Crippen LogP contribution in [0.2, 0.25) is 0 Å². The molecule has 3 rings (SSSR count). The molecule has 22 heavy (non-hydrogen) atoms. The van der Waals surface area contributed by atoms with E-state index in [1.165, 1.54) is 42.0 Å². The number of nitrogens with one attached hydrogen (secondary N) is 1. The molecule has 0 spiro atoms. The van der Waals surface area contributed by atoms with Gasteiger partial charge in [0.15, 0.2) is 0 Å². The predicted octanol–water partition coefficient (Wildman–Crippen LogP) is 4.74. The van der Waals surface area contributed by atoms with Gasteiger partial charge in [-0.1, -0.05) is 31.0 Å². The standard InChI is InChI=1S/C19H27N3/c1-14(2)21-17-13-20-19(22-11-6-4-5-7-12-22)16-10-8-9-15(3)18(16)17/h8-10,13-14,21H,4-7,11-12H2,1-3H3. The highest BCUT2D eigenvalue weighted by molar-refractivity contribution is 6.02. The Balaban J connectivity index is 2.10. The second-order valence-electron chi connectivity index (χ2n) is 6.69. The van der Waals surface area contributed by atoms with E-state index in [1.807, 2.05) is 6.20 Å². The lowest BCUT2D eigenvalue weighted by molar-refractivity contribution is 0.726. The summed E-state index contributed by atoms with van der Waals surface area (Å²) in [5.74, 6) is 1.16. The van der Waals surface area contributed by atoms with Crippen LogP contribution in [0.4, 0.5) is 11.5 Å². The molecule has 0 unspecified atom stereocenters. The Labute approximate surface area is 133 Å². The van der Waals surface area contributed by atoms with Crippen molar-refractivity contribution in [2.24, 2.45) is 0 Å². The lowest BCUT2D eigenvalue weighted by atomic mass is 10.0. The summed E-state index contributed by atoms with van der Waals surface area (Å²) in [7, 11) is 0. The van der Waals surface area contributed by atoms with Crippen LogP contribution in [0, 0.1) is 6.92 Å². The second kappa shape index (κ2) is 6.55. The Morgan fingerprint density at radius 2 is 1.82 bits per heavy atom. The van der Waals surface area contributed by atoms with Crippen molar-refractivity contribution in [3.8, 4) is 0 Å². The normalized spacial score (nSPS) is 16.1. The van der Waals surface area contributed by atoms with Gasteiger partial charge in [-0.3, -0.25) is 0 Å². The summed E-state index contributed by atoms with van der Waals surface area (Å²) in [6.45, 7) is 8.81. The first-order valence-corrected chi connectivity index (χ1v) is 8.56. The number of aryl methyl sites for hydroxylation is 1. The fourth-order valence-electron chi connectivity index (χ4n) is 3.43. The first-order chi connectivity index (χ1) is 10.7. The molecule has 1 aromatic heterocycles. The third kappa shape index (κ3) is 3.03. The first kappa shape index (κ1) is 15.1. The Hall–Kier alpha value is -1.77. The van der Waals surface area contributed by atoms with Crippen LogP contribution in [0.3, 0.4) is 0 Å². The monoisotopic (exact) mass is 297 g/mol. The minimum Gasteiger partial charge on any atom is -0.381 e. The summed E-state index contributed by atoms with van der Waals surface area (Å²) >= 11 is 0. The maximum atomic E-state index is 4.83. The minimum atomic E-state index is 0.411. The molecule has 2 heterocycles. The van der Waals surface area contributed by atoms with Gasteiger partial charge in [0.25, 0.3) is 0 Å². The molecule has 0 radical (unpaired) electrons. The van der Waals surface area contributed by atoms with Gasteiger partial charge < -0.3 is 10.2 Å². The first-order valence-electron chi connectivity index (χ1n) is 8.56. The lowest BCUT2D eigenvalue weighted by Gasteiger charge is -2.25. The SMILES string of the molecule is Cc1cccc2c(N3CCCCCC3)ncc(NC(C)C)c12. The van der Waals surface area contributed by atoms with Gasteiger partial charge in [0, 0.05) is 29.9 Å². The molecule has 3 heteroatoms. The van der Waals surface area contributed by atoms with E-state index in [0.29, 0.717) is 6.04 Å². The van der Waals surface area contributed by atoms with Gasteiger partial charge in [-0.15, -0.1) is 0 Å². The van der Waals surface area contributed by atoms with E-state index in [4.69, 9.17) is 4.98 Å². The van der Waals surface area contributed by atoms with E-state index in [2.05, 4.69) is 49.2 Å². The van der Waals surface area contributed by atoms with Crippen LogP contribution in [0.15, 0.2) is 24.4 Å². The summed E-state index contributed by atoms with van der Waals surface area (Å²) < 4.78 is 0. The number of anilines is 2. The fraction of sp³-hybridized carbons (Fsp3) is 0.526. The third-order valence-electron chi connectivity index (χ3n) is 4.45. The summed E-state index contributed by atoms with van der Waals surface area (Å²) in [6.07, 6.45) is 7.28. The molecule has 1 fully saturated rings. The van der Waals surface area contributed by atoms with E-state index >= 15 is 0 Å². The molecular weight excluding hydrogens is 270 g/mol. The van der Waals surface area contributed by atoms with Gasteiger partial charge in [-0.05, 0) is 39.2 Å². The van der Waals surface area contributed by atoms with Crippen molar-refractivity contribution in [1.29, 1.82) is 0 Å². The number of rotatable bonds is 3. The summed E-state index contributed by atoms with van der Waals surface area (Å²) in [5.41, 5.74) is 2.47. The molecule has 0 amide bonds. The van der Waals surface area contributed by atoms with E-state index in [1.54, 1.807) is 0 Å². The average Bonchev–Trinajstić information content (AvgIpc) is 2.76. The Bertz CT molecular complexity index is 640. The van der Waals surface area contributed by atoms with E-state index < -0.39 is 0 Å². The molecule has 1 aliphatic heterocycles. The molecule has 3 nitrogen and oxygen atoms in total. The van der Waals surface area contributed by atoms with Crippen LogP contribution >= 0.6 is 0 Å². The van der Waals surface area contributed by atoms with Crippen molar-refractivity contribution in [3.05, 3.63) is 30.0 Å². The van der Waals surface area contributed by atoms with Crippen LogP contribution in [0.25, 0.3) is 10.8 Å². The van der Waals surface area contributed by atoms with Crippen molar-refractivity contribution in [3.63, 3.8) is 0 Å². The van der Waals surface area contributed by atoms with Crippen LogP contribution in [-0.2, 0) is 0 Å². The number of nitrogens with zero attached hydrogens (tertiary/aromatic N) is 2. The molecule has 2 aromatic rings. The third-order valence-corrected chi connectivity index (χ3v) is 4.45. The van der Waals surface area contributed by atoms with Crippen LogP contribution in [0.5, 0.6) is 0 Å². The van der Waals surface area contributed by atoms with Crippen molar-refractivity contribution in [1.82, 2.24) is 4.98 Å². The molecule has 1 aromatic carbocycles. The van der Waals surface area contributed by atoms with Crippen molar-refractivity contribution >= 4 is 22.3 Å². The molecule has 118 valence electrons. The summed E-state index contributed by atoms with van der Waals surface area (Å²) in [4.78, 5) is 7.31. The highest BCUT2D eigenvalue weighted by Gasteiger charge is 2.16. The Kier molecular flexibility index (Phi) is 4.51. The van der Waals surface area contributed by atoms with Crippen LogP contribution in [0.1, 0.15) is 45.1 Å². The maximum Gasteiger partial charge on any atom is 0.136 e. The van der Waals surface area contributed by atoms with Gasteiger partial charge in [-0.2, -0.15) is 0 Å². The molecular formula is C19H27N3. The second-order valence-corrected chi connectivity index (χ2v) is 6.69. The van der Waals surface area contributed by atoms with E-state index in [-0.39, 0.29) is 0 Å². The zero-order valence-corrected chi connectivity index (χ0v) is 14.0. The smallest absolute Gasteiger partial charge is 0.136 e. The van der Waals surface area contributed by atoms with Gasteiger partial charge in [0.1, 0.15) is 5.82 Å². The molecule has 0 atom stereocenters. The largest absolute Gasteiger partial charge is 0.381 e. The minimum absolute atomic E-state index is 0.411. The Morgan fingerprint density at radius 3 is 2.50 bits per heavy atom. The molecule has 0 aliphatic carbocycles. The number of hydrogen-bond acceptors (Lipinski definition) is 3. The van der Waals surface area contributed by atoms with E-state index in [0.717, 1.165) is 24.6 Å². The maximum absolute atomic E-state index is 4.83. The summed E-state index contributed by atoms with van der Waals surface area (Å²) in [6, 6.07) is 6.98. The summed E-state index contributed by atoms with van der Waals surface area (Å²) in [5, 5.41) is 6.16. The Morgan fingerprint density at radius 1 is 1.09 bits per heavy atom. The van der Waals surface area contributed by atoms with Gasteiger partial charge >= 0.3 is 0 Å². The van der Waals surface area contributed by atoms with Crippen LogP contribution in [-0.4, -0.2) is 24.1 Å². The van der Waals surface area contributed by atoms with Crippen molar-refractivity contribution in [2.45, 2.75) is 52.5 Å². The highest BCUT2D eigenvalue weighted by Crippen LogP contribution is 2.33. The van der Waals surface area contributed by atoms with Gasteiger partial charge in [0.05, 0.1) is 11.9 Å². The van der Waals surface area contributed by atoms with Gasteiger partial charge in [-0.25, -0.2) is 4.98 Å². The molecule has 0 saturated carbocycles. The zero-order valence-electron chi connectivity index (χ0n) is 14.0. The molecule has 1 saturated heterocycles. The number of fused-ring (bicyclic) bond motifs is 1. The van der Waals surface area contributed by atoms with Gasteiger partial charge in [0.2, 0.25) is 0 Å². The number of hydrogen-bond donors (Lipinski definition) is 1. The average molecular weight is 297 g/mol. The predicted molar refractivity (Wildman–Crippen MR) is 95.9 cm³/mol. The molecule has 1 N–H and O–H groups in total. The quantitative estimate of drug-likeness (QED) is 0.886. The van der Waals surface area contributed by atoms with Crippen LogP contribution < -0.4 is 10.2 Å². The topological polar surface area (TPSA) is 28.2 Å². The van der Waals surface area contributed by atoms with Crippen molar-refractivity contribution < 1.29 is 0 Å². The lowest BCUT2D eigenvalue weighted by Crippen LogP contribution is -2.25. The number of aromatic nitrogens is 1. The van der Waals surface area contributed by atoms with Crippen molar-refractivity contribution in [2.75, 3.05) is 23.3 Å². The van der Waals surface area contributed by atoms with E-state index in [9.17, 15) is 0 Å². The zero-order chi connectivity index (χ0) is 15.5. The molecule has 1 aliphatic rings. The number of benzene rings is 1. The highest BCUT2D eigenvalue weighted by atomic mass is 15.2. The fourth-order valence-corrected chi connectivity index (χ4v) is 3.43. The molecule has 0 bridgehead atoms. The number of pyridine rings is 1.